The van der Waals surface area contributed by atoms with E-state index in [9.17, 15) is 18.9 Å². The highest BCUT2D eigenvalue weighted by Gasteiger charge is 2.32. The van der Waals surface area contributed by atoms with Crippen molar-refractivity contribution >= 4 is 26.5 Å². The molecule has 3 amide bonds. The second kappa shape index (κ2) is 18.5. The fraction of sp³-hybridized carbons (Fsp3) is 0.406. The molecule has 0 spiro atoms. The largest absolute Gasteiger partial charge is 0.747 e. The van der Waals surface area contributed by atoms with Crippen LogP contribution in [0.25, 0.3) is 11.3 Å². The Labute approximate surface area is 263 Å². The second-order valence-electron chi connectivity index (χ2n) is 10.1. The molecule has 45 heavy (non-hydrogen) atoms. The number of amides is 3. The lowest BCUT2D eigenvalue weighted by molar-refractivity contribution is -0.200. The van der Waals surface area contributed by atoms with Crippen LogP contribution in [0.5, 0.6) is 11.5 Å². The van der Waals surface area contributed by atoms with Crippen LogP contribution in [0.15, 0.2) is 65.1 Å². The number of nitrogens with zero attached hydrogens (tertiary/aromatic N) is 1. The van der Waals surface area contributed by atoms with Gasteiger partial charge in [-0.2, -0.15) is 0 Å². The van der Waals surface area contributed by atoms with Gasteiger partial charge in [-0.15, -0.1) is 4.89 Å². The van der Waals surface area contributed by atoms with Crippen molar-refractivity contribution in [2.24, 2.45) is 5.92 Å². The third-order valence-electron chi connectivity index (χ3n) is 6.99. The molecule has 12 nitrogen and oxygen atoms in total. The maximum absolute atomic E-state index is 13.4. The van der Waals surface area contributed by atoms with E-state index in [0.717, 1.165) is 24.8 Å². The topological polar surface area (TPSA) is 157 Å². The molecule has 2 aromatic carbocycles. The molecule has 3 rings (SSSR count). The molecule has 3 atom stereocenters. The van der Waals surface area contributed by atoms with Gasteiger partial charge in [0.15, 0.2) is 11.5 Å². The average Bonchev–Trinajstić information content (AvgIpc) is 3.53. The third kappa shape index (κ3) is 11.0. The highest BCUT2D eigenvalue weighted by molar-refractivity contribution is 7.32. The van der Waals surface area contributed by atoms with Crippen LogP contribution >= 0.6 is 8.25 Å². The van der Waals surface area contributed by atoms with Gasteiger partial charge < -0.3 is 19.8 Å². The number of unbranched alkanes of at least 4 members (excludes halogenated alkanes) is 2. The number of furan rings is 1. The summed E-state index contributed by atoms with van der Waals surface area (Å²) in [5, 5.41) is 6.63. The maximum Gasteiger partial charge on any atom is 0.747 e. The minimum atomic E-state index is -2.89. The number of hydroxylamine groups is 2. The second-order valence-corrected chi connectivity index (χ2v) is 10.8. The normalized spacial score (nSPS) is 12.5. The number of nitrogens with one attached hydrogen (secondary N) is 2. The smallest absolute Gasteiger partial charge is 0.494 e. The standard InChI is InChI=1S/C32H40N3O9P/c1-4-7-9-14-27(28(5-2)35(22-36)42-20-23-12-10-8-11-13-23)31(37)33-21-34-32(38)30-16-15-29(43-30)24-17-25(41-6-3)19-26(18-24)44-45(39)40/h8,10-13,15-19,22,27-28H,4-7,9,14,20-21H2,1-3H3,(H2-,33,34,37,38,39,40)/p+1. The summed E-state index contributed by atoms with van der Waals surface area (Å²) in [5.41, 5.74) is 1.36. The first-order chi connectivity index (χ1) is 21.8. The van der Waals surface area contributed by atoms with Crippen LogP contribution in [0.2, 0.25) is 0 Å². The van der Waals surface area contributed by atoms with Crippen LogP contribution < -0.4 is 19.9 Å². The van der Waals surface area contributed by atoms with E-state index in [1.54, 1.807) is 19.1 Å². The summed E-state index contributed by atoms with van der Waals surface area (Å²) < 4.78 is 27.3. The molecule has 0 saturated carbocycles. The number of benzene rings is 2. The fourth-order valence-corrected chi connectivity index (χ4v) is 5.12. The third-order valence-corrected chi connectivity index (χ3v) is 7.36. The molecule has 0 radical (unpaired) electrons. The Bertz CT molecular complexity index is 1400. The molecule has 13 heteroatoms. The molecule has 0 fully saturated rings. The lowest BCUT2D eigenvalue weighted by atomic mass is 9.90. The van der Waals surface area contributed by atoms with Crippen LogP contribution in [-0.4, -0.2) is 47.5 Å². The first-order valence-corrected chi connectivity index (χ1v) is 16.1. The summed E-state index contributed by atoms with van der Waals surface area (Å²) >= 11 is 0. The van der Waals surface area contributed by atoms with Gasteiger partial charge in [0.1, 0.15) is 18.1 Å². The minimum Gasteiger partial charge on any atom is -0.494 e. The van der Waals surface area contributed by atoms with Gasteiger partial charge in [-0.1, -0.05) is 63.4 Å². The number of ether oxygens (including phenoxy) is 1. The minimum absolute atomic E-state index is 0.0101. The molecule has 1 aromatic heterocycles. The number of rotatable bonds is 20. The molecule has 1 heterocycles. The fourth-order valence-electron chi connectivity index (χ4n) is 4.83. The van der Waals surface area contributed by atoms with Gasteiger partial charge in [-0.25, -0.2) is 9.59 Å². The van der Waals surface area contributed by atoms with Crippen molar-refractivity contribution in [3.8, 4) is 22.8 Å². The van der Waals surface area contributed by atoms with E-state index in [1.807, 2.05) is 37.3 Å². The van der Waals surface area contributed by atoms with Gasteiger partial charge in [0, 0.05) is 16.2 Å². The van der Waals surface area contributed by atoms with Crippen molar-refractivity contribution in [1.82, 2.24) is 15.7 Å². The predicted molar refractivity (Wildman–Crippen MR) is 167 cm³/mol. The van der Waals surface area contributed by atoms with E-state index in [-0.39, 0.29) is 30.7 Å². The Morgan fingerprint density at radius 2 is 1.78 bits per heavy atom. The van der Waals surface area contributed by atoms with E-state index in [1.165, 1.54) is 23.3 Å². The summed E-state index contributed by atoms with van der Waals surface area (Å²) in [6, 6.07) is 16.6. The number of carbonyl (C=O) groups excluding carboxylic acids is 3. The first kappa shape index (κ1) is 35.2. The van der Waals surface area contributed by atoms with E-state index in [0.29, 0.717) is 42.9 Å². The van der Waals surface area contributed by atoms with Gasteiger partial charge >= 0.3 is 8.25 Å². The number of carbonyl (C=O) groups is 3. The molecule has 3 unspecified atom stereocenters. The Kier molecular flexibility index (Phi) is 14.5. The van der Waals surface area contributed by atoms with Gasteiger partial charge in [-0.05, 0) is 49.6 Å². The molecule has 0 bridgehead atoms. The molecule has 0 aliphatic heterocycles. The average molecular weight is 643 g/mol. The zero-order valence-electron chi connectivity index (χ0n) is 25.8. The summed E-state index contributed by atoms with van der Waals surface area (Å²) in [6.07, 6.45) is 4.35. The Hall–Kier alpha value is -4.25. The zero-order valence-corrected chi connectivity index (χ0v) is 26.7. The summed E-state index contributed by atoms with van der Waals surface area (Å²) in [6.45, 7) is 6.14. The maximum atomic E-state index is 13.4. The van der Waals surface area contributed by atoms with Crippen molar-refractivity contribution in [3.05, 3.63) is 72.0 Å². The summed E-state index contributed by atoms with van der Waals surface area (Å²) in [5.74, 6) is -0.646. The molecule has 242 valence electrons. The van der Waals surface area contributed by atoms with E-state index >= 15 is 0 Å². The SMILES string of the molecule is CCCCCC(C(=O)NCNC(=O)c1ccc(-c2cc(OCC)cc(O[P+](=O)O)c2)o1)C(CC)N(C=O)OCc1ccccc1. The monoisotopic (exact) mass is 642 g/mol. The molecule has 3 aromatic rings. The van der Waals surface area contributed by atoms with Crippen LogP contribution in [0, 0.1) is 5.92 Å². The van der Waals surface area contributed by atoms with E-state index in [4.69, 9.17) is 23.4 Å². The Balaban J connectivity index is 1.65. The van der Waals surface area contributed by atoms with Crippen LogP contribution in [0.3, 0.4) is 0 Å². The molecule has 0 saturated heterocycles. The molecule has 0 aliphatic carbocycles. The highest BCUT2D eigenvalue weighted by atomic mass is 31.1. The van der Waals surface area contributed by atoms with Crippen LogP contribution in [-0.2, 0) is 25.6 Å². The summed E-state index contributed by atoms with van der Waals surface area (Å²) in [7, 11) is -2.89. The molecule has 0 aliphatic rings. The van der Waals surface area contributed by atoms with Gasteiger partial charge in [-0.3, -0.25) is 19.2 Å². The predicted octanol–water partition coefficient (Wildman–Crippen LogP) is 5.74. The molecular formula is C32H41N3O9P+. The molecule has 3 N–H and O–H groups in total. The number of hydrogen-bond donors (Lipinski definition) is 3. The molecular weight excluding hydrogens is 601 g/mol. The van der Waals surface area contributed by atoms with E-state index < -0.39 is 26.1 Å². The van der Waals surface area contributed by atoms with Crippen molar-refractivity contribution in [2.45, 2.75) is 65.5 Å². The van der Waals surface area contributed by atoms with Gasteiger partial charge in [0.2, 0.25) is 12.3 Å². The van der Waals surface area contributed by atoms with Crippen molar-refractivity contribution in [1.29, 1.82) is 0 Å². The lowest BCUT2D eigenvalue weighted by Gasteiger charge is -2.32. The van der Waals surface area contributed by atoms with Crippen molar-refractivity contribution in [2.75, 3.05) is 13.3 Å². The van der Waals surface area contributed by atoms with Crippen molar-refractivity contribution < 1.29 is 42.4 Å². The van der Waals surface area contributed by atoms with Gasteiger partial charge in [0.05, 0.1) is 25.2 Å². The summed E-state index contributed by atoms with van der Waals surface area (Å²) in [4.78, 5) is 53.2. The zero-order chi connectivity index (χ0) is 32.6. The quantitative estimate of drug-likeness (QED) is 0.0460. The first-order valence-electron chi connectivity index (χ1n) is 15.0. The highest BCUT2D eigenvalue weighted by Crippen LogP contribution is 2.34. The Morgan fingerprint density at radius 3 is 2.44 bits per heavy atom. The van der Waals surface area contributed by atoms with Gasteiger partial charge in [0.25, 0.3) is 5.91 Å². The van der Waals surface area contributed by atoms with Crippen LogP contribution in [0.1, 0.15) is 69.0 Å². The number of hydrogen-bond acceptors (Lipinski definition) is 8. The lowest BCUT2D eigenvalue weighted by Crippen LogP contribution is -2.48. The van der Waals surface area contributed by atoms with Crippen LogP contribution in [0.4, 0.5) is 0 Å². The van der Waals surface area contributed by atoms with E-state index in [2.05, 4.69) is 17.6 Å². The Morgan fingerprint density at radius 1 is 1.02 bits per heavy atom. The van der Waals surface area contributed by atoms with Crippen molar-refractivity contribution in [3.63, 3.8) is 0 Å².